The first kappa shape index (κ1) is 7.12. The summed E-state index contributed by atoms with van der Waals surface area (Å²) < 4.78 is 0. The van der Waals surface area contributed by atoms with E-state index in [1.807, 2.05) is 25.1 Å². The Morgan fingerprint density at radius 1 is 1.50 bits per heavy atom. The van der Waals surface area contributed by atoms with Gasteiger partial charge in [0.25, 0.3) is 0 Å². The van der Waals surface area contributed by atoms with E-state index in [0.29, 0.717) is 5.95 Å². The minimum absolute atomic E-state index is 0.597. The Labute approximate surface area is 69.8 Å². The molecule has 0 bridgehead atoms. The molecule has 0 unspecified atom stereocenters. The van der Waals surface area contributed by atoms with E-state index < -0.39 is 0 Å². The van der Waals surface area contributed by atoms with Crippen molar-refractivity contribution in [2.75, 3.05) is 5.43 Å². The second-order valence-corrected chi connectivity index (χ2v) is 2.70. The predicted octanol–water partition coefficient (Wildman–Crippen LogP) is 1.16. The summed E-state index contributed by atoms with van der Waals surface area (Å²) in [4.78, 5) is 7.28. The van der Waals surface area contributed by atoms with Gasteiger partial charge in [0.2, 0.25) is 5.95 Å². The SMILES string of the molecule is Cc1cccc2[nH]c(NN)nc12. The zero-order chi connectivity index (χ0) is 8.55. The highest BCUT2D eigenvalue weighted by Crippen LogP contribution is 2.16. The largest absolute Gasteiger partial charge is 0.323 e. The molecule has 0 aliphatic heterocycles. The van der Waals surface area contributed by atoms with E-state index in [4.69, 9.17) is 5.84 Å². The van der Waals surface area contributed by atoms with Crippen LogP contribution in [0, 0.1) is 6.92 Å². The molecule has 2 rings (SSSR count). The number of aryl methyl sites for hydroxylation is 1. The Bertz CT molecular complexity index is 404. The average Bonchev–Trinajstić information content (AvgIpc) is 2.49. The number of nitrogens with two attached hydrogens (primary N) is 1. The van der Waals surface area contributed by atoms with Gasteiger partial charge in [0.15, 0.2) is 0 Å². The van der Waals surface area contributed by atoms with Crippen LogP contribution in [0.15, 0.2) is 18.2 Å². The van der Waals surface area contributed by atoms with Crippen LogP contribution in [0.5, 0.6) is 0 Å². The van der Waals surface area contributed by atoms with E-state index in [1.165, 1.54) is 0 Å². The van der Waals surface area contributed by atoms with Crippen LogP contribution >= 0.6 is 0 Å². The van der Waals surface area contributed by atoms with E-state index >= 15 is 0 Å². The van der Waals surface area contributed by atoms with Crippen molar-refractivity contribution in [3.05, 3.63) is 23.8 Å². The molecule has 1 aromatic heterocycles. The third-order valence-corrected chi connectivity index (χ3v) is 1.85. The molecule has 0 aliphatic carbocycles. The van der Waals surface area contributed by atoms with Crippen LogP contribution in [0.1, 0.15) is 5.56 Å². The van der Waals surface area contributed by atoms with E-state index in [2.05, 4.69) is 15.4 Å². The van der Waals surface area contributed by atoms with Gasteiger partial charge in [-0.1, -0.05) is 12.1 Å². The summed E-state index contributed by atoms with van der Waals surface area (Å²) in [5, 5.41) is 0. The molecule has 1 heterocycles. The van der Waals surface area contributed by atoms with Gasteiger partial charge in [-0.15, -0.1) is 0 Å². The maximum absolute atomic E-state index is 5.22. The molecule has 0 atom stereocenters. The summed E-state index contributed by atoms with van der Waals surface area (Å²) in [6.07, 6.45) is 0. The second kappa shape index (κ2) is 2.49. The molecule has 12 heavy (non-hydrogen) atoms. The number of benzene rings is 1. The van der Waals surface area contributed by atoms with Crippen LogP contribution in [0.3, 0.4) is 0 Å². The minimum atomic E-state index is 0.597. The molecule has 2 aromatic rings. The zero-order valence-electron chi connectivity index (χ0n) is 6.76. The highest BCUT2D eigenvalue weighted by atomic mass is 15.3. The standard InChI is InChI=1S/C8H10N4/c1-5-3-2-4-6-7(5)11-8(10-6)12-9/h2-4H,9H2,1H3,(H2,10,11,12). The van der Waals surface area contributed by atoms with E-state index in [0.717, 1.165) is 16.6 Å². The van der Waals surface area contributed by atoms with E-state index in [1.54, 1.807) is 0 Å². The van der Waals surface area contributed by atoms with Crippen LogP contribution in [-0.2, 0) is 0 Å². The van der Waals surface area contributed by atoms with Gasteiger partial charge < -0.3 is 4.98 Å². The van der Waals surface area contributed by atoms with Gasteiger partial charge in [-0.25, -0.2) is 10.8 Å². The molecule has 0 saturated carbocycles. The number of imidazole rings is 1. The molecule has 0 saturated heterocycles. The number of nitrogens with zero attached hydrogens (tertiary/aromatic N) is 1. The lowest BCUT2D eigenvalue weighted by atomic mass is 10.2. The summed E-state index contributed by atoms with van der Waals surface area (Å²) in [6, 6.07) is 5.97. The van der Waals surface area contributed by atoms with Crippen molar-refractivity contribution in [3.8, 4) is 0 Å². The molecule has 4 heteroatoms. The Morgan fingerprint density at radius 2 is 2.33 bits per heavy atom. The van der Waals surface area contributed by atoms with Crippen molar-refractivity contribution in [2.24, 2.45) is 5.84 Å². The maximum atomic E-state index is 5.22. The van der Waals surface area contributed by atoms with Gasteiger partial charge in [-0.3, -0.25) is 5.43 Å². The van der Waals surface area contributed by atoms with Crippen LogP contribution in [0.2, 0.25) is 0 Å². The quantitative estimate of drug-likeness (QED) is 0.435. The highest BCUT2D eigenvalue weighted by Gasteiger charge is 2.01. The summed E-state index contributed by atoms with van der Waals surface area (Å²) in [6.45, 7) is 2.02. The lowest BCUT2D eigenvalue weighted by Gasteiger charge is -1.90. The fourth-order valence-corrected chi connectivity index (χ4v) is 1.24. The highest BCUT2D eigenvalue weighted by molar-refractivity contribution is 5.80. The fraction of sp³-hybridized carbons (Fsp3) is 0.125. The molecule has 0 radical (unpaired) electrons. The zero-order valence-corrected chi connectivity index (χ0v) is 6.76. The molecule has 4 N–H and O–H groups in total. The lowest BCUT2D eigenvalue weighted by Crippen LogP contribution is -2.07. The number of rotatable bonds is 1. The minimum Gasteiger partial charge on any atom is -0.323 e. The number of hydrazine groups is 1. The van der Waals surface area contributed by atoms with Gasteiger partial charge in [0.1, 0.15) is 0 Å². The first-order chi connectivity index (χ1) is 5.81. The maximum Gasteiger partial charge on any atom is 0.215 e. The van der Waals surface area contributed by atoms with Gasteiger partial charge in [-0.2, -0.15) is 0 Å². The van der Waals surface area contributed by atoms with Crippen molar-refractivity contribution < 1.29 is 0 Å². The van der Waals surface area contributed by atoms with E-state index in [-0.39, 0.29) is 0 Å². The first-order valence-electron chi connectivity index (χ1n) is 3.73. The van der Waals surface area contributed by atoms with Gasteiger partial charge in [-0.05, 0) is 18.6 Å². The van der Waals surface area contributed by atoms with Gasteiger partial charge in [0.05, 0.1) is 11.0 Å². The van der Waals surface area contributed by atoms with Crippen LogP contribution in [0.25, 0.3) is 11.0 Å². The number of hydrogen-bond donors (Lipinski definition) is 3. The molecule has 0 fully saturated rings. The number of fused-ring (bicyclic) bond motifs is 1. The number of aromatic amines is 1. The third kappa shape index (κ3) is 0.931. The first-order valence-corrected chi connectivity index (χ1v) is 3.73. The lowest BCUT2D eigenvalue weighted by molar-refractivity contribution is 1.21. The number of nitrogen functional groups attached to an aromatic ring is 1. The Balaban J connectivity index is 2.74. The Kier molecular flexibility index (Phi) is 1.48. The smallest absolute Gasteiger partial charge is 0.215 e. The average molecular weight is 162 g/mol. The molecular weight excluding hydrogens is 152 g/mol. The molecule has 1 aromatic carbocycles. The van der Waals surface area contributed by atoms with Crippen LogP contribution < -0.4 is 11.3 Å². The van der Waals surface area contributed by atoms with Crippen molar-refractivity contribution in [1.82, 2.24) is 9.97 Å². The number of nitrogens with one attached hydrogen (secondary N) is 2. The molecule has 0 spiro atoms. The van der Waals surface area contributed by atoms with Crippen molar-refractivity contribution in [1.29, 1.82) is 0 Å². The summed E-state index contributed by atoms with van der Waals surface area (Å²) in [5.41, 5.74) is 5.59. The summed E-state index contributed by atoms with van der Waals surface area (Å²) >= 11 is 0. The van der Waals surface area contributed by atoms with Gasteiger partial charge >= 0.3 is 0 Å². The number of anilines is 1. The number of hydrogen-bond acceptors (Lipinski definition) is 3. The van der Waals surface area contributed by atoms with Crippen LogP contribution in [-0.4, -0.2) is 9.97 Å². The summed E-state index contributed by atoms with van der Waals surface area (Å²) in [7, 11) is 0. The van der Waals surface area contributed by atoms with E-state index in [9.17, 15) is 0 Å². The Morgan fingerprint density at radius 3 is 3.00 bits per heavy atom. The molecular formula is C8H10N4. The van der Waals surface area contributed by atoms with Crippen LogP contribution in [0.4, 0.5) is 5.95 Å². The third-order valence-electron chi connectivity index (χ3n) is 1.85. The summed E-state index contributed by atoms with van der Waals surface area (Å²) in [5.74, 6) is 5.82. The number of H-pyrrole nitrogens is 1. The van der Waals surface area contributed by atoms with Crippen molar-refractivity contribution in [3.63, 3.8) is 0 Å². The molecule has 0 aliphatic rings. The van der Waals surface area contributed by atoms with Gasteiger partial charge in [0, 0.05) is 0 Å². The van der Waals surface area contributed by atoms with Crippen molar-refractivity contribution >= 4 is 17.0 Å². The number of aromatic nitrogens is 2. The molecule has 0 amide bonds. The predicted molar refractivity (Wildman–Crippen MR) is 48.6 cm³/mol. The topological polar surface area (TPSA) is 66.7 Å². The number of para-hydroxylation sites is 1. The normalized spacial score (nSPS) is 10.5. The molecule has 4 nitrogen and oxygen atoms in total. The van der Waals surface area contributed by atoms with Crippen molar-refractivity contribution in [2.45, 2.75) is 6.92 Å². The fourth-order valence-electron chi connectivity index (χ4n) is 1.24. The second-order valence-electron chi connectivity index (χ2n) is 2.70. The molecule has 62 valence electrons. The Hall–Kier alpha value is -1.55. The monoisotopic (exact) mass is 162 g/mol.